The molecule has 0 spiro atoms. The van der Waals surface area contributed by atoms with Crippen LogP contribution in [0.4, 0.5) is 5.69 Å². The highest BCUT2D eigenvalue weighted by atomic mass is 35.5. The third kappa shape index (κ3) is 4.92. The molecule has 0 radical (unpaired) electrons. The van der Waals surface area contributed by atoms with Crippen LogP contribution in [0.15, 0.2) is 58.4 Å². The Morgan fingerprint density at radius 3 is 2.62 bits per heavy atom. The number of hydrogen-bond donors (Lipinski definition) is 1. The number of carbonyl (C=O) groups excluding carboxylic acids is 2. The predicted octanol–water partition coefficient (Wildman–Crippen LogP) is 6.47. The summed E-state index contributed by atoms with van der Waals surface area (Å²) >= 11 is 13.5. The van der Waals surface area contributed by atoms with Gasteiger partial charge in [0.1, 0.15) is 0 Å². The van der Waals surface area contributed by atoms with E-state index in [4.69, 9.17) is 27.9 Å². The second-order valence-corrected chi connectivity index (χ2v) is 9.30. The number of nitrogens with zero attached hydrogens (tertiary/aromatic N) is 2. The number of esters is 1. The summed E-state index contributed by atoms with van der Waals surface area (Å²) in [5.74, 6) is -0.577. The van der Waals surface area contributed by atoms with E-state index in [0.717, 1.165) is 22.6 Å². The smallest absolute Gasteiger partial charge is 0.338 e. The number of aryl methyl sites for hydroxylation is 1. The molecule has 1 aromatic heterocycles. The Morgan fingerprint density at radius 1 is 1.18 bits per heavy atom. The van der Waals surface area contributed by atoms with Crippen molar-refractivity contribution in [3.63, 3.8) is 0 Å². The summed E-state index contributed by atoms with van der Waals surface area (Å²) in [5.41, 5.74) is 4.77. The van der Waals surface area contributed by atoms with Crippen LogP contribution in [0.25, 0.3) is 11.8 Å². The van der Waals surface area contributed by atoms with Crippen LogP contribution >= 0.6 is 35.0 Å². The van der Waals surface area contributed by atoms with Crippen molar-refractivity contribution >= 4 is 63.8 Å². The lowest BCUT2D eigenvalue weighted by Gasteiger charge is -2.10. The summed E-state index contributed by atoms with van der Waals surface area (Å²) in [6.07, 6.45) is 1.84. The third-order valence-corrected chi connectivity index (χ3v) is 6.92. The van der Waals surface area contributed by atoms with E-state index in [1.807, 2.05) is 38.1 Å². The van der Waals surface area contributed by atoms with Crippen molar-refractivity contribution in [2.45, 2.75) is 20.8 Å². The number of ether oxygens (including phenoxy) is 1. The van der Waals surface area contributed by atoms with Gasteiger partial charge in [0.25, 0.3) is 5.91 Å². The summed E-state index contributed by atoms with van der Waals surface area (Å²) in [5, 5.41) is 3.94. The zero-order valence-electron chi connectivity index (χ0n) is 18.7. The number of nitrogens with one attached hydrogen (secondary N) is 1. The highest BCUT2D eigenvalue weighted by Gasteiger charge is 2.25. The number of halogens is 2. The van der Waals surface area contributed by atoms with Gasteiger partial charge in [-0.3, -0.25) is 4.79 Å². The molecule has 1 N–H and O–H groups in total. The lowest BCUT2D eigenvalue weighted by molar-refractivity contribution is -0.115. The highest BCUT2D eigenvalue weighted by molar-refractivity contribution is 8.18. The fourth-order valence-electron chi connectivity index (χ4n) is 3.60. The first-order valence-electron chi connectivity index (χ1n) is 10.5. The Morgan fingerprint density at radius 2 is 1.91 bits per heavy atom. The molecule has 0 aliphatic carbocycles. The van der Waals surface area contributed by atoms with Crippen LogP contribution in [-0.4, -0.2) is 28.2 Å². The van der Waals surface area contributed by atoms with E-state index in [9.17, 15) is 9.59 Å². The predicted molar refractivity (Wildman–Crippen MR) is 138 cm³/mol. The molecular weight excluding hydrogens is 493 g/mol. The van der Waals surface area contributed by atoms with Crippen LogP contribution in [0.1, 0.15) is 34.2 Å². The third-order valence-electron chi connectivity index (χ3n) is 5.20. The molecule has 1 fully saturated rings. The number of amides is 1. The van der Waals surface area contributed by atoms with E-state index in [1.165, 1.54) is 11.8 Å². The van der Waals surface area contributed by atoms with Gasteiger partial charge in [-0.15, -0.1) is 0 Å². The Kier molecular flexibility index (Phi) is 7.16. The van der Waals surface area contributed by atoms with Crippen molar-refractivity contribution in [3.8, 4) is 5.69 Å². The van der Waals surface area contributed by atoms with Crippen LogP contribution in [0, 0.1) is 13.8 Å². The number of rotatable bonds is 5. The minimum absolute atomic E-state index is 0.231. The molecule has 34 heavy (non-hydrogen) atoms. The van der Waals surface area contributed by atoms with Crippen molar-refractivity contribution < 1.29 is 14.3 Å². The number of benzene rings is 2. The van der Waals surface area contributed by atoms with Gasteiger partial charge in [-0.25, -0.2) is 9.79 Å². The normalized spacial score (nSPS) is 15.7. The van der Waals surface area contributed by atoms with E-state index < -0.39 is 0 Å². The minimum Gasteiger partial charge on any atom is -0.462 e. The fraction of sp³-hybridized carbons (Fsp3) is 0.160. The summed E-state index contributed by atoms with van der Waals surface area (Å²) in [4.78, 5) is 29.5. The fourth-order valence-corrected chi connectivity index (χ4v) is 4.77. The summed E-state index contributed by atoms with van der Waals surface area (Å²) < 4.78 is 7.12. The molecule has 0 atom stereocenters. The number of thioether (sulfide) groups is 1. The second kappa shape index (κ2) is 10.1. The first-order valence-corrected chi connectivity index (χ1v) is 12.1. The Hall–Kier alpha value is -3.00. The van der Waals surface area contributed by atoms with Crippen molar-refractivity contribution in [2.24, 2.45) is 4.99 Å². The topological polar surface area (TPSA) is 72.7 Å². The van der Waals surface area contributed by atoms with E-state index in [-0.39, 0.29) is 11.9 Å². The van der Waals surface area contributed by atoms with Crippen molar-refractivity contribution in [1.82, 2.24) is 9.88 Å². The maximum Gasteiger partial charge on any atom is 0.338 e. The number of aromatic nitrogens is 1. The molecule has 1 amide bonds. The van der Waals surface area contributed by atoms with Gasteiger partial charge in [0.05, 0.1) is 32.8 Å². The van der Waals surface area contributed by atoms with Gasteiger partial charge in [0.15, 0.2) is 5.17 Å². The molecule has 0 unspecified atom stereocenters. The molecule has 0 saturated carbocycles. The van der Waals surface area contributed by atoms with Gasteiger partial charge in [-0.05, 0) is 86.6 Å². The molecule has 4 rings (SSSR count). The maximum absolute atomic E-state index is 12.6. The number of carbonyl (C=O) groups is 2. The maximum atomic E-state index is 12.6. The van der Waals surface area contributed by atoms with Gasteiger partial charge >= 0.3 is 5.97 Å². The lowest BCUT2D eigenvalue weighted by Crippen LogP contribution is -2.19. The van der Waals surface area contributed by atoms with Crippen LogP contribution in [-0.2, 0) is 9.53 Å². The Labute approximate surface area is 211 Å². The van der Waals surface area contributed by atoms with Crippen molar-refractivity contribution in [3.05, 3.63) is 86.0 Å². The molecular formula is C25H21Cl2N3O3S. The van der Waals surface area contributed by atoms with Crippen LogP contribution in [0.5, 0.6) is 0 Å². The molecule has 2 aromatic carbocycles. The van der Waals surface area contributed by atoms with Crippen LogP contribution < -0.4 is 5.32 Å². The van der Waals surface area contributed by atoms with Gasteiger partial charge in [-0.1, -0.05) is 29.3 Å². The average Bonchev–Trinajstić information content (AvgIpc) is 3.29. The molecule has 6 nitrogen and oxygen atoms in total. The Bertz CT molecular complexity index is 1340. The Balaban J connectivity index is 1.60. The van der Waals surface area contributed by atoms with E-state index in [1.54, 1.807) is 37.3 Å². The van der Waals surface area contributed by atoms with Gasteiger partial charge in [-0.2, -0.15) is 0 Å². The van der Waals surface area contributed by atoms with Crippen LogP contribution in [0.3, 0.4) is 0 Å². The zero-order valence-corrected chi connectivity index (χ0v) is 21.0. The van der Waals surface area contributed by atoms with Gasteiger partial charge < -0.3 is 14.6 Å². The van der Waals surface area contributed by atoms with Crippen LogP contribution in [0.2, 0.25) is 10.0 Å². The first kappa shape index (κ1) is 24.1. The largest absolute Gasteiger partial charge is 0.462 e. The molecule has 174 valence electrons. The van der Waals surface area contributed by atoms with Gasteiger partial charge in [0.2, 0.25) is 0 Å². The SMILES string of the molecule is CCOC(=O)c1ccc(-n2c(C)cc(/C=C3\SC(=Nc4cccc(Cl)c4Cl)NC3=O)c2C)cc1. The molecule has 9 heteroatoms. The molecule has 1 saturated heterocycles. The molecule has 1 aliphatic heterocycles. The first-order chi connectivity index (χ1) is 16.3. The molecule has 2 heterocycles. The quantitative estimate of drug-likeness (QED) is 0.313. The van der Waals surface area contributed by atoms with Gasteiger partial charge in [0, 0.05) is 17.1 Å². The molecule has 3 aromatic rings. The highest BCUT2D eigenvalue weighted by Crippen LogP contribution is 2.35. The number of aliphatic imine (C=N–C) groups is 1. The molecule has 0 bridgehead atoms. The zero-order chi connectivity index (χ0) is 24.4. The number of hydrogen-bond acceptors (Lipinski definition) is 5. The summed E-state index contributed by atoms with van der Waals surface area (Å²) in [7, 11) is 0. The average molecular weight is 514 g/mol. The van der Waals surface area contributed by atoms with E-state index in [2.05, 4.69) is 14.9 Å². The summed E-state index contributed by atoms with van der Waals surface area (Å²) in [6, 6.07) is 14.4. The second-order valence-electron chi connectivity index (χ2n) is 7.48. The number of amidine groups is 1. The van der Waals surface area contributed by atoms with Crippen molar-refractivity contribution in [1.29, 1.82) is 0 Å². The summed E-state index contributed by atoms with van der Waals surface area (Å²) in [6.45, 7) is 6.08. The van der Waals surface area contributed by atoms with E-state index >= 15 is 0 Å². The lowest BCUT2D eigenvalue weighted by atomic mass is 10.2. The van der Waals surface area contributed by atoms with E-state index in [0.29, 0.717) is 38.0 Å². The van der Waals surface area contributed by atoms with Crippen molar-refractivity contribution in [2.75, 3.05) is 6.61 Å². The minimum atomic E-state index is -0.346. The molecule has 1 aliphatic rings. The monoisotopic (exact) mass is 513 g/mol. The standard InChI is InChI=1S/C25H21Cl2N3O3S/c1-4-33-24(32)16-8-10-18(11-9-16)30-14(2)12-17(15(30)3)13-21-23(31)29-25(34-21)28-20-7-5-6-19(26)22(20)27/h5-13H,4H2,1-3H3,(H,28,29,31)/b21-13-.